The van der Waals surface area contributed by atoms with Crippen molar-refractivity contribution in [3.05, 3.63) is 64.7 Å². The van der Waals surface area contributed by atoms with Gasteiger partial charge in [-0.2, -0.15) is 5.26 Å². The van der Waals surface area contributed by atoms with Gasteiger partial charge in [0.25, 0.3) is 0 Å². The molecule has 0 N–H and O–H groups in total. The summed E-state index contributed by atoms with van der Waals surface area (Å²) in [5.41, 5.74) is 2.35. The number of rotatable bonds is 5. The number of esters is 1. The maximum Gasteiger partial charge on any atom is 0.306 e. The summed E-state index contributed by atoms with van der Waals surface area (Å²) in [6, 6.07) is 17.1. The Morgan fingerprint density at radius 1 is 1.22 bits per heavy atom. The molecule has 0 saturated heterocycles. The molecule has 1 aromatic heterocycles. The summed E-state index contributed by atoms with van der Waals surface area (Å²) in [4.78, 5) is 16.3. The minimum atomic E-state index is -0.258. The average Bonchev–Trinajstić information content (AvgIpc) is 3.01. The van der Waals surface area contributed by atoms with E-state index in [1.807, 2.05) is 30.3 Å². The number of ether oxygens (including phenoxy) is 1. The van der Waals surface area contributed by atoms with Crippen molar-refractivity contribution in [2.45, 2.75) is 19.4 Å². The molecular formula is C18H14N2O2S. The van der Waals surface area contributed by atoms with Gasteiger partial charge in [0.1, 0.15) is 6.61 Å². The van der Waals surface area contributed by atoms with E-state index in [-0.39, 0.29) is 12.6 Å². The van der Waals surface area contributed by atoms with Crippen molar-refractivity contribution in [1.82, 2.24) is 4.98 Å². The SMILES string of the molecule is N#Cc1cccc(COC(=O)CCc2nc3ccccc3s2)c1. The number of para-hydroxylation sites is 1. The number of fused-ring (bicyclic) bond motifs is 1. The van der Waals surface area contributed by atoms with Gasteiger partial charge < -0.3 is 4.74 Å². The molecule has 0 aliphatic carbocycles. The topological polar surface area (TPSA) is 63.0 Å². The van der Waals surface area contributed by atoms with Crippen LogP contribution in [0.4, 0.5) is 0 Å². The summed E-state index contributed by atoms with van der Waals surface area (Å²) in [6.07, 6.45) is 0.883. The maximum atomic E-state index is 11.8. The second-order valence-corrected chi connectivity index (χ2v) is 6.16. The highest BCUT2D eigenvalue weighted by atomic mass is 32.1. The molecule has 0 spiro atoms. The van der Waals surface area contributed by atoms with E-state index < -0.39 is 0 Å². The second kappa shape index (κ2) is 7.03. The molecule has 0 radical (unpaired) electrons. The van der Waals surface area contributed by atoms with Gasteiger partial charge in [0.05, 0.1) is 33.3 Å². The highest BCUT2D eigenvalue weighted by Gasteiger charge is 2.08. The Balaban J connectivity index is 1.52. The second-order valence-electron chi connectivity index (χ2n) is 5.05. The van der Waals surface area contributed by atoms with Gasteiger partial charge in [-0.25, -0.2) is 4.98 Å². The third kappa shape index (κ3) is 3.93. The molecule has 0 amide bonds. The predicted molar refractivity (Wildman–Crippen MR) is 88.9 cm³/mol. The van der Waals surface area contributed by atoms with Gasteiger partial charge in [-0.3, -0.25) is 4.79 Å². The van der Waals surface area contributed by atoms with Gasteiger partial charge in [0.2, 0.25) is 0 Å². The lowest BCUT2D eigenvalue weighted by Crippen LogP contribution is -2.06. The van der Waals surface area contributed by atoms with E-state index in [1.165, 1.54) is 0 Å². The number of hydrogen-bond acceptors (Lipinski definition) is 5. The molecule has 0 bridgehead atoms. The first kappa shape index (κ1) is 15.2. The summed E-state index contributed by atoms with van der Waals surface area (Å²) < 4.78 is 6.38. The summed E-state index contributed by atoms with van der Waals surface area (Å²) in [7, 11) is 0. The van der Waals surface area contributed by atoms with Crippen molar-refractivity contribution in [2.75, 3.05) is 0 Å². The van der Waals surface area contributed by atoms with Crippen molar-refractivity contribution in [3.63, 3.8) is 0 Å². The number of thiazole rings is 1. The standard InChI is InChI=1S/C18H14N2O2S/c19-11-13-4-3-5-14(10-13)12-22-18(21)9-8-17-20-15-6-1-2-7-16(15)23-17/h1-7,10H,8-9,12H2. The van der Waals surface area contributed by atoms with Gasteiger partial charge >= 0.3 is 5.97 Å². The third-order valence-electron chi connectivity index (χ3n) is 3.34. The van der Waals surface area contributed by atoms with Crippen LogP contribution in [0.5, 0.6) is 0 Å². The molecule has 0 aliphatic heterocycles. The molecule has 4 nitrogen and oxygen atoms in total. The molecule has 5 heteroatoms. The molecule has 0 saturated carbocycles. The van der Waals surface area contributed by atoms with Gasteiger partial charge in [-0.1, -0.05) is 24.3 Å². The van der Waals surface area contributed by atoms with Gasteiger partial charge in [0, 0.05) is 6.42 Å². The summed E-state index contributed by atoms with van der Waals surface area (Å²) in [5.74, 6) is -0.258. The molecule has 0 atom stereocenters. The van der Waals surface area contributed by atoms with Crippen LogP contribution in [0.15, 0.2) is 48.5 Å². The summed E-state index contributed by atoms with van der Waals surface area (Å²) in [6.45, 7) is 0.189. The summed E-state index contributed by atoms with van der Waals surface area (Å²) >= 11 is 1.60. The van der Waals surface area contributed by atoms with Crippen LogP contribution in [0.1, 0.15) is 22.6 Å². The lowest BCUT2D eigenvalue weighted by Gasteiger charge is -2.04. The number of carbonyl (C=O) groups excluding carboxylic acids is 1. The van der Waals surface area contributed by atoms with Crippen molar-refractivity contribution < 1.29 is 9.53 Å². The first-order valence-corrected chi connectivity index (χ1v) is 8.05. The minimum absolute atomic E-state index is 0.189. The van der Waals surface area contributed by atoms with Crippen molar-refractivity contribution in [2.24, 2.45) is 0 Å². The van der Waals surface area contributed by atoms with Crippen LogP contribution >= 0.6 is 11.3 Å². The quantitative estimate of drug-likeness (QED) is 0.669. The van der Waals surface area contributed by atoms with Crippen LogP contribution in [-0.2, 0) is 22.6 Å². The van der Waals surface area contributed by atoms with Gasteiger partial charge in [-0.15, -0.1) is 11.3 Å². The lowest BCUT2D eigenvalue weighted by molar-refractivity contribution is -0.144. The van der Waals surface area contributed by atoms with Gasteiger partial charge in [-0.05, 0) is 29.8 Å². The number of benzene rings is 2. The van der Waals surface area contributed by atoms with E-state index in [2.05, 4.69) is 11.1 Å². The molecular weight excluding hydrogens is 308 g/mol. The van der Waals surface area contributed by atoms with E-state index >= 15 is 0 Å². The molecule has 0 unspecified atom stereocenters. The third-order valence-corrected chi connectivity index (χ3v) is 4.43. The van der Waals surface area contributed by atoms with E-state index in [9.17, 15) is 4.79 Å². The lowest BCUT2D eigenvalue weighted by atomic mass is 10.1. The first-order valence-electron chi connectivity index (χ1n) is 7.24. The van der Waals surface area contributed by atoms with E-state index in [4.69, 9.17) is 10.00 Å². The Morgan fingerprint density at radius 2 is 2.09 bits per heavy atom. The van der Waals surface area contributed by atoms with Crippen LogP contribution in [0.25, 0.3) is 10.2 Å². The van der Waals surface area contributed by atoms with Crippen molar-refractivity contribution in [1.29, 1.82) is 5.26 Å². The van der Waals surface area contributed by atoms with Crippen LogP contribution < -0.4 is 0 Å². The Bertz CT molecular complexity index is 847. The largest absolute Gasteiger partial charge is 0.461 e. The highest BCUT2D eigenvalue weighted by molar-refractivity contribution is 7.18. The van der Waals surface area contributed by atoms with Crippen molar-refractivity contribution >= 4 is 27.5 Å². The zero-order valence-corrected chi connectivity index (χ0v) is 13.2. The number of nitriles is 1. The molecule has 0 fully saturated rings. The monoisotopic (exact) mass is 322 g/mol. The molecule has 114 valence electrons. The molecule has 2 aromatic carbocycles. The first-order chi connectivity index (χ1) is 11.2. The molecule has 23 heavy (non-hydrogen) atoms. The fourth-order valence-corrected chi connectivity index (χ4v) is 3.17. The zero-order valence-electron chi connectivity index (χ0n) is 12.4. The number of nitrogens with zero attached hydrogens (tertiary/aromatic N) is 2. The average molecular weight is 322 g/mol. The molecule has 3 aromatic rings. The fraction of sp³-hybridized carbons (Fsp3) is 0.167. The van der Waals surface area contributed by atoms with E-state index in [1.54, 1.807) is 29.5 Å². The number of aryl methyl sites for hydroxylation is 1. The predicted octanol–water partition coefficient (Wildman–Crippen LogP) is 3.84. The minimum Gasteiger partial charge on any atom is -0.461 e. The van der Waals surface area contributed by atoms with Crippen LogP contribution in [0, 0.1) is 11.3 Å². The van der Waals surface area contributed by atoms with Gasteiger partial charge in [0.15, 0.2) is 0 Å². The Morgan fingerprint density at radius 3 is 2.91 bits per heavy atom. The number of aromatic nitrogens is 1. The highest BCUT2D eigenvalue weighted by Crippen LogP contribution is 2.22. The number of hydrogen-bond donors (Lipinski definition) is 0. The fourth-order valence-electron chi connectivity index (χ4n) is 2.20. The van der Waals surface area contributed by atoms with E-state index in [0.717, 1.165) is 20.8 Å². The van der Waals surface area contributed by atoms with Crippen LogP contribution in [0.3, 0.4) is 0 Å². The smallest absolute Gasteiger partial charge is 0.306 e. The number of carbonyl (C=O) groups is 1. The molecule has 0 aliphatic rings. The molecule has 1 heterocycles. The van der Waals surface area contributed by atoms with Crippen molar-refractivity contribution in [3.8, 4) is 6.07 Å². The zero-order chi connectivity index (χ0) is 16.1. The van der Waals surface area contributed by atoms with E-state index in [0.29, 0.717) is 18.4 Å². The Hall–Kier alpha value is -2.71. The van der Waals surface area contributed by atoms with Crippen LogP contribution in [0.2, 0.25) is 0 Å². The maximum absolute atomic E-state index is 11.8. The Kier molecular flexibility index (Phi) is 4.65. The van der Waals surface area contributed by atoms with Crippen LogP contribution in [-0.4, -0.2) is 11.0 Å². The Labute approximate surface area is 138 Å². The normalized spacial score (nSPS) is 10.4. The molecule has 3 rings (SSSR count). The summed E-state index contributed by atoms with van der Waals surface area (Å²) in [5, 5.41) is 9.79.